The van der Waals surface area contributed by atoms with Crippen LogP contribution in [0.3, 0.4) is 0 Å². The van der Waals surface area contributed by atoms with E-state index in [4.69, 9.17) is 9.47 Å². The topological polar surface area (TPSA) is 71.0 Å². The summed E-state index contributed by atoms with van der Waals surface area (Å²) in [6, 6.07) is 6.33. The van der Waals surface area contributed by atoms with Gasteiger partial charge in [0.05, 0.1) is 31.3 Å². The number of esters is 1. The molecule has 1 aromatic carbocycles. The van der Waals surface area contributed by atoms with E-state index in [1.54, 1.807) is 7.11 Å². The van der Waals surface area contributed by atoms with E-state index in [1.165, 1.54) is 12.7 Å². The Hall–Kier alpha value is -2.05. The summed E-state index contributed by atoms with van der Waals surface area (Å²) >= 11 is 0. The maximum atomic E-state index is 12.9. The second-order valence-corrected chi connectivity index (χ2v) is 8.73. The number of piperidine rings is 1. The first-order valence-corrected chi connectivity index (χ1v) is 10.2. The van der Waals surface area contributed by atoms with Crippen LogP contribution in [0.4, 0.5) is 5.69 Å². The molecular weight excluding hydrogens is 356 g/mol. The number of hydrogen-bond donors (Lipinski definition) is 2. The van der Waals surface area contributed by atoms with Crippen molar-refractivity contribution in [1.82, 2.24) is 4.90 Å². The molecule has 1 aliphatic carbocycles. The van der Waals surface area contributed by atoms with Gasteiger partial charge in [0.15, 0.2) is 0 Å². The molecule has 0 saturated carbocycles. The molecule has 0 unspecified atom stereocenters. The summed E-state index contributed by atoms with van der Waals surface area (Å²) in [4.78, 5) is 15.4. The summed E-state index contributed by atoms with van der Waals surface area (Å²) in [5, 5.41) is 14.6. The Morgan fingerprint density at radius 3 is 2.86 bits per heavy atom. The second kappa shape index (κ2) is 5.97. The molecule has 1 spiro atoms. The van der Waals surface area contributed by atoms with Gasteiger partial charge in [0.1, 0.15) is 5.75 Å². The standard InChI is InChI=1S/C22H28N2O4/c1-13(25)21-7-4-9-24-10-8-22(20(21)24)16-6-5-14(27-2)11-17(16)23-18(22)15(12-21)19(26)28-3/h5-6,11,13,20,23,25H,4,7-10,12H2,1-3H3/t13-,20+,21+,22-/m1/s1. The summed E-state index contributed by atoms with van der Waals surface area (Å²) in [7, 11) is 3.11. The van der Waals surface area contributed by atoms with Crippen molar-refractivity contribution in [3.63, 3.8) is 0 Å². The van der Waals surface area contributed by atoms with Gasteiger partial charge in [0.25, 0.3) is 0 Å². The highest BCUT2D eigenvalue weighted by Crippen LogP contribution is 2.65. The Morgan fingerprint density at radius 1 is 1.32 bits per heavy atom. The normalized spacial score (nSPS) is 34.2. The van der Waals surface area contributed by atoms with Crippen LogP contribution in [0.2, 0.25) is 0 Å². The van der Waals surface area contributed by atoms with Crippen LogP contribution in [0.1, 0.15) is 38.2 Å². The summed E-state index contributed by atoms with van der Waals surface area (Å²) in [5.74, 6) is 0.506. The minimum atomic E-state index is -0.501. The van der Waals surface area contributed by atoms with Crippen molar-refractivity contribution in [2.45, 2.75) is 50.2 Å². The van der Waals surface area contributed by atoms with Gasteiger partial charge >= 0.3 is 5.97 Å². The molecule has 0 amide bonds. The Bertz CT molecular complexity index is 879. The summed E-state index contributed by atoms with van der Waals surface area (Å²) in [6.07, 6.45) is 2.96. The number of rotatable bonds is 3. The molecule has 3 aliphatic heterocycles. The zero-order valence-electron chi connectivity index (χ0n) is 16.7. The minimum Gasteiger partial charge on any atom is -0.497 e. The Balaban J connectivity index is 1.80. The lowest BCUT2D eigenvalue weighted by atomic mass is 9.53. The first kappa shape index (κ1) is 18.0. The fraction of sp³-hybridized carbons (Fsp3) is 0.591. The fourth-order valence-corrected chi connectivity index (χ4v) is 6.64. The van der Waals surface area contributed by atoms with Crippen molar-refractivity contribution < 1.29 is 19.4 Å². The van der Waals surface area contributed by atoms with Gasteiger partial charge < -0.3 is 19.9 Å². The average molecular weight is 384 g/mol. The van der Waals surface area contributed by atoms with E-state index in [0.717, 1.165) is 49.5 Å². The van der Waals surface area contributed by atoms with E-state index >= 15 is 0 Å². The number of nitrogens with one attached hydrogen (secondary N) is 1. The molecule has 0 aromatic heterocycles. The van der Waals surface area contributed by atoms with Crippen molar-refractivity contribution in [2.24, 2.45) is 5.41 Å². The second-order valence-electron chi connectivity index (χ2n) is 8.73. The van der Waals surface area contributed by atoms with Crippen LogP contribution in [0.25, 0.3) is 0 Å². The lowest BCUT2D eigenvalue weighted by molar-refractivity contribution is -0.138. The molecule has 28 heavy (non-hydrogen) atoms. The van der Waals surface area contributed by atoms with Crippen LogP contribution < -0.4 is 10.1 Å². The number of fused-ring (bicyclic) bond motifs is 1. The monoisotopic (exact) mass is 384 g/mol. The largest absolute Gasteiger partial charge is 0.497 e. The SMILES string of the molecule is COC(=O)C1=C2Nc3cc(OC)ccc3[C@]23CCN2CCC[C@@]([C@@H](C)O)(C1)[C@H]23. The summed E-state index contributed by atoms with van der Waals surface area (Å²) < 4.78 is 10.6. The lowest BCUT2D eigenvalue weighted by Gasteiger charge is -2.57. The number of aliphatic hydroxyl groups is 1. The average Bonchev–Trinajstić information content (AvgIpc) is 3.26. The first-order valence-electron chi connectivity index (χ1n) is 10.2. The van der Waals surface area contributed by atoms with Gasteiger partial charge in [0.2, 0.25) is 0 Å². The maximum absolute atomic E-state index is 12.9. The smallest absolute Gasteiger partial charge is 0.335 e. The maximum Gasteiger partial charge on any atom is 0.335 e. The molecular formula is C22H28N2O4. The number of anilines is 1. The summed E-state index contributed by atoms with van der Waals surface area (Å²) in [5.41, 5.74) is 3.24. The highest BCUT2D eigenvalue weighted by atomic mass is 16.5. The fourth-order valence-electron chi connectivity index (χ4n) is 6.64. The number of carbonyl (C=O) groups is 1. The molecule has 4 atom stereocenters. The van der Waals surface area contributed by atoms with Crippen LogP contribution in [-0.4, -0.2) is 55.4 Å². The van der Waals surface area contributed by atoms with E-state index in [9.17, 15) is 9.90 Å². The van der Waals surface area contributed by atoms with E-state index in [2.05, 4.69) is 16.3 Å². The number of benzene rings is 1. The highest BCUT2D eigenvalue weighted by molar-refractivity contribution is 5.93. The quantitative estimate of drug-likeness (QED) is 0.780. The molecule has 2 fully saturated rings. The molecule has 5 rings (SSSR count). The first-order chi connectivity index (χ1) is 13.5. The number of aliphatic hydroxyl groups excluding tert-OH is 1. The molecule has 2 N–H and O–H groups in total. The number of ether oxygens (including phenoxy) is 2. The molecule has 2 saturated heterocycles. The molecule has 0 bridgehead atoms. The van der Waals surface area contributed by atoms with E-state index in [1.807, 2.05) is 19.1 Å². The van der Waals surface area contributed by atoms with Gasteiger partial charge in [-0.3, -0.25) is 4.90 Å². The van der Waals surface area contributed by atoms with Gasteiger partial charge in [-0.05, 0) is 57.3 Å². The molecule has 6 heteroatoms. The van der Waals surface area contributed by atoms with Crippen LogP contribution in [0, 0.1) is 5.41 Å². The molecule has 0 radical (unpaired) electrons. The van der Waals surface area contributed by atoms with Crippen molar-refractivity contribution in [3.8, 4) is 5.75 Å². The van der Waals surface area contributed by atoms with Crippen molar-refractivity contribution in [2.75, 3.05) is 32.6 Å². The third-order valence-electron chi connectivity index (χ3n) is 7.74. The molecule has 3 heterocycles. The molecule has 4 aliphatic rings. The van der Waals surface area contributed by atoms with Gasteiger partial charge in [-0.15, -0.1) is 0 Å². The third kappa shape index (κ3) is 2.02. The molecule has 6 nitrogen and oxygen atoms in total. The third-order valence-corrected chi connectivity index (χ3v) is 7.74. The Morgan fingerprint density at radius 2 is 2.14 bits per heavy atom. The minimum absolute atomic E-state index is 0.180. The van der Waals surface area contributed by atoms with Crippen LogP contribution >= 0.6 is 0 Å². The van der Waals surface area contributed by atoms with Crippen LogP contribution in [0.15, 0.2) is 29.5 Å². The van der Waals surface area contributed by atoms with Gasteiger partial charge in [0, 0.05) is 28.9 Å². The van der Waals surface area contributed by atoms with E-state index < -0.39 is 6.10 Å². The van der Waals surface area contributed by atoms with Gasteiger partial charge in [-0.1, -0.05) is 6.07 Å². The number of hydrogen-bond acceptors (Lipinski definition) is 6. The van der Waals surface area contributed by atoms with E-state index in [0.29, 0.717) is 12.0 Å². The predicted molar refractivity (Wildman–Crippen MR) is 105 cm³/mol. The van der Waals surface area contributed by atoms with Crippen molar-refractivity contribution in [1.29, 1.82) is 0 Å². The van der Waals surface area contributed by atoms with Gasteiger partial charge in [-0.2, -0.15) is 0 Å². The predicted octanol–water partition coefficient (Wildman–Crippen LogP) is 2.42. The van der Waals surface area contributed by atoms with Crippen LogP contribution in [0.5, 0.6) is 5.75 Å². The Kier molecular flexibility index (Phi) is 3.84. The van der Waals surface area contributed by atoms with Crippen molar-refractivity contribution >= 4 is 11.7 Å². The molecule has 1 aromatic rings. The number of nitrogens with zero attached hydrogens (tertiary/aromatic N) is 1. The van der Waals surface area contributed by atoms with Crippen molar-refractivity contribution in [3.05, 3.63) is 35.0 Å². The zero-order chi connectivity index (χ0) is 19.7. The lowest BCUT2D eigenvalue weighted by Crippen LogP contribution is -2.63. The Labute approximate surface area is 165 Å². The molecule has 150 valence electrons. The van der Waals surface area contributed by atoms with E-state index in [-0.39, 0.29) is 22.8 Å². The van der Waals surface area contributed by atoms with Gasteiger partial charge in [-0.25, -0.2) is 4.79 Å². The summed E-state index contributed by atoms with van der Waals surface area (Å²) in [6.45, 7) is 3.92. The highest BCUT2D eigenvalue weighted by Gasteiger charge is 2.67. The number of methoxy groups -OCH3 is 2. The zero-order valence-corrected chi connectivity index (χ0v) is 16.7. The number of carbonyl (C=O) groups excluding carboxylic acids is 1. The van der Waals surface area contributed by atoms with Crippen LogP contribution in [-0.2, 0) is 14.9 Å².